The quantitative estimate of drug-likeness (QED) is 0.732. The molecule has 2 rings (SSSR count). The lowest BCUT2D eigenvalue weighted by molar-refractivity contribution is -0.127. The Morgan fingerprint density at radius 3 is 2.38 bits per heavy atom. The van der Waals surface area contributed by atoms with Crippen LogP contribution in [0, 0.1) is 0 Å². The first-order chi connectivity index (χ1) is 12.3. The Labute approximate surface area is 153 Å². The van der Waals surface area contributed by atoms with Gasteiger partial charge in [0.15, 0.2) is 6.10 Å². The third-order valence-corrected chi connectivity index (χ3v) is 4.83. The molecule has 0 spiro atoms. The van der Waals surface area contributed by atoms with Crippen LogP contribution >= 0.6 is 0 Å². The summed E-state index contributed by atoms with van der Waals surface area (Å²) >= 11 is 0. The van der Waals surface area contributed by atoms with Gasteiger partial charge in [0.05, 0.1) is 17.1 Å². The molecule has 1 amide bonds. The molecule has 7 nitrogen and oxygen atoms in total. The van der Waals surface area contributed by atoms with Crippen LogP contribution < -0.4 is 14.8 Å². The Bertz CT molecular complexity index is 821. The summed E-state index contributed by atoms with van der Waals surface area (Å²) in [5.41, 5.74) is 0.626. The van der Waals surface area contributed by atoms with Crippen molar-refractivity contribution in [1.82, 2.24) is 15.0 Å². The van der Waals surface area contributed by atoms with Crippen molar-refractivity contribution < 1.29 is 17.9 Å². The van der Waals surface area contributed by atoms with Crippen LogP contribution in [0.5, 0.6) is 5.75 Å². The normalized spacial score (nSPS) is 12.6. The Morgan fingerprint density at radius 2 is 1.81 bits per heavy atom. The Morgan fingerprint density at radius 1 is 1.12 bits per heavy atom. The summed E-state index contributed by atoms with van der Waals surface area (Å²) < 4.78 is 32.7. The molecular formula is C18H23N3O4S. The molecule has 0 bridgehead atoms. The average molecular weight is 377 g/mol. The second kappa shape index (κ2) is 8.77. The number of carbonyl (C=O) groups excluding carboxylic acids is 1. The van der Waals surface area contributed by atoms with Gasteiger partial charge < -0.3 is 10.1 Å². The van der Waals surface area contributed by atoms with Crippen molar-refractivity contribution in [3.05, 3.63) is 54.4 Å². The first-order valence-electron chi connectivity index (χ1n) is 8.24. The summed E-state index contributed by atoms with van der Waals surface area (Å²) in [5, 5.41) is 2.75. The van der Waals surface area contributed by atoms with Crippen molar-refractivity contribution >= 4 is 15.9 Å². The van der Waals surface area contributed by atoms with Gasteiger partial charge in [0.2, 0.25) is 10.0 Å². The smallest absolute Gasteiger partial charge is 0.260 e. The maximum Gasteiger partial charge on any atom is 0.260 e. The maximum absolute atomic E-state index is 12.3. The highest BCUT2D eigenvalue weighted by molar-refractivity contribution is 7.89. The molecule has 2 aromatic rings. The Hall–Kier alpha value is -2.45. The molecule has 0 saturated heterocycles. The highest BCUT2D eigenvalue weighted by Gasteiger charge is 2.17. The third kappa shape index (κ3) is 5.82. The van der Waals surface area contributed by atoms with E-state index >= 15 is 0 Å². The second-order valence-electron chi connectivity index (χ2n) is 6.04. The first-order valence-corrected chi connectivity index (χ1v) is 9.73. The van der Waals surface area contributed by atoms with E-state index in [0.29, 0.717) is 11.4 Å². The van der Waals surface area contributed by atoms with Crippen molar-refractivity contribution in [2.75, 3.05) is 0 Å². The lowest BCUT2D eigenvalue weighted by Gasteiger charge is -2.16. The molecule has 0 radical (unpaired) electrons. The van der Waals surface area contributed by atoms with Gasteiger partial charge in [0.1, 0.15) is 5.75 Å². The minimum absolute atomic E-state index is 0.0197. The molecule has 8 heteroatoms. The standard InChI is InChI=1S/C18H23N3O4S/c1-13(2)21-18(22)14(3)25-16-7-9-17(10-8-16)26(23,24)20-12-15-6-4-5-11-19-15/h4-11,13-14,20H,12H2,1-3H3,(H,21,22)/t14-/m0/s1. The largest absolute Gasteiger partial charge is 0.481 e. The summed E-state index contributed by atoms with van der Waals surface area (Å²) in [7, 11) is -3.66. The number of nitrogens with one attached hydrogen (secondary N) is 2. The fourth-order valence-corrected chi connectivity index (χ4v) is 3.11. The minimum Gasteiger partial charge on any atom is -0.481 e. The van der Waals surface area contributed by atoms with Gasteiger partial charge in [-0.15, -0.1) is 0 Å². The van der Waals surface area contributed by atoms with E-state index < -0.39 is 16.1 Å². The van der Waals surface area contributed by atoms with Gasteiger partial charge in [0.25, 0.3) is 5.91 Å². The Kier molecular flexibility index (Phi) is 6.70. The van der Waals surface area contributed by atoms with Gasteiger partial charge in [-0.05, 0) is 57.2 Å². The average Bonchev–Trinajstić information content (AvgIpc) is 2.61. The van der Waals surface area contributed by atoms with Crippen LogP contribution in [0.15, 0.2) is 53.6 Å². The molecule has 1 aromatic carbocycles. The summed E-state index contributed by atoms with van der Waals surface area (Å²) in [4.78, 5) is 16.0. The van der Waals surface area contributed by atoms with Crippen LogP contribution in [0.4, 0.5) is 0 Å². The Balaban J connectivity index is 1.98. The van der Waals surface area contributed by atoms with Crippen LogP contribution in [-0.2, 0) is 21.4 Å². The highest BCUT2D eigenvalue weighted by atomic mass is 32.2. The van der Waals surface area contributed by atoms with Crippen LogP contribution in [0.25, 0.3) is 0 Å². The van der Waals surface area contributed by atoms with Crippen molar-refractivity contribution in [2.45, 2.75) is 44.4 Å². The number of amides is 1. The fraction of sp³-hybridized carbons (Fsp3) is 0.333. The number of hydrogen-bond acceptors (Lipinski definition) is 5. The molecule has 0 saturated carbocycles. The summed E-state index contributed by atoms with van der Waals surface area (Å²) in [6.07, 6.45) is 0.925. The van der Waals surface area contributed by atoms with E-state index in [1.807, 2.05) is 13.8 Å². The van der Waals surface area contributed by atoms with E-state index in [1.54, 1.807) is 31.3 Å². The molecule has 1 heterocycles. The number of pyridine rings is 1. The van der Waals surface area contributed by atoms with Crippen LogP contribution in [0.3, 0.4) is 0 Å². The lowest BCUT2D eigenvalue weighted by Crippen LogP contribution is -2.40. The van der Waals surface area contributed by atoms with E-state index in [0.717, 1.165) is 0 Å². The van der Waals surface area contributed by atoms with Crippen molar-refractivity contribution in [2.24, 2.45) is 0 Å². The number of ether oxygens (including phenoxy) is 1. The van der Waals surface area contributed by atoms with Crippen molar-refractivity contribution in [3.63, 3.8) is 0 Å². The molecule has 1 atom stereocenters. The number of sulfonamides is 1. The molecule has 0 aliphatic carbocycles. The zero-order valence-electron chi connectivity index (χ0n) is 15.0. The van der Waals surface area contributed by atoms with Crippen LogP contribution in [0.2, 0.25) is 0 Å². The van der Waals surface area contributed by atoms with Gasteiger partial charge >= 0.3 is 0 Å². The fourth-order valence-electron chi connectivity index (χ4n) is 2.11. The summed E-state index contributed by atoms with van der Waals surface area (Å²) in [6, 6.07) is 11.2. The number of benzene rings is 1. The van der Waals surface area contributed by atoms with E-state index in [2.05, 4.69) is 15.0 Å². The van der Waals surface area contributed by atoms with E-state index in [9.17, 15) is 13.2 Å². The predicted molar refractivity (Wildman–Crippen MR) is 98.1 cm³/mol. The second-order valence-corrected chi connectivity index (χ2v) is 7.81. The third-order valence-electron chi connectivity index (χ3n) is 3.42. The zero-order chi connectivity index (χ0) is 19.2. The molecule has 0 aliphatic rings. The number of rotatable bonds is 8. The van der Waals surface area contributed by atoms with Gasteiger partial charge in [0, 0.05) is 12.2 Å². The predicted octanol–water partition coefficient (Wildman–Crippen LogP) is 1.85. The SMILES string of the molecule is CC(C)NC(=O)[C@H](C)Oc1ccc(S(=O)(=O)NCc2ccccn2)cc1. The van der Waals surface area contributed by atoms with Crippen LogP contribution in [0.1, 0.15) is 26.5 Å². The molecule has 2 N–H and O–H groups in total. The first kappa shape index (κ1) is 19.9. The molecule has 0 fully saturated rings. The van der Waals surface area contributed by atoms with Gasteiger partial charge in [-0.25, -0.2) is 13.1 Å². The maximum atomic E-state index is 12.3. The van der Waals surface area contributed by atoms with E-state index in [-0.39, 0.29) is 23.4 Å². The molecule has 26 heavy (non-hydrogen) atoms. The van der Waals surface area contributed by atoms with E-state index in [1.165, 1.54) is 24.3 Å². The number of carbonyl (C=O) groups is 1. The molecule has 140 valence electrons. The number of aromatic nitrogens is 1. The lowest BCUT2D eigenvalue weighted by atomic mass is 10.3. The zero-order valence-corrected chi connectivity index (χ0v) is 15.8. The molecule has 0 unspecified atom stereocenters. The monoisotopic (exact) mass is 377 g/mol. The van der Waals surface area contributed by atoms with Gasteiger partial charge in [-0.1, -0.05) is 6.07 Å². The topological polar surface area (TPSA) is 97.4 Å². The van der Waals surface area contributed by atoms with Gasteiger partial charge in [-0.2, -0.15) is 0 Å². The molecular weight excluding hydrogens is 354 g/mol. The number of hydrogen-bond donors (Lipinski definition) is 2. The van der Waals surface area contributed by atoms with Crippen molar-refractivity contribution in [3.8, 4) is 5.75 Å². The molecule has 0 aliphatic heterocycles. The van der Waals surface area contributed by atoms with Gasteiger partial charge in [-0.3, -0.25) is 9.78 Å². The van der Waals surface area contributed by atoms with Crippen LogP contribution in [-0.4, -0.2) is 31.5 Å². The summed E-state index contributed by atoms with van der Waals surface area (Å²) in [6.45, 7) is 5.47. The number of nitrogens with zero attached hydrogens (tertiary/aromatic N) is 1. The van der Waals surface area contributed by atoms with Crippen molar-refractivity contribution in [1.29, 1.82) is 0 Å². The summed E-state index contributed by atoms with van der Waals surface area (Å²) in [5.74, 6) is 0.189. The highest BCUT2D eigenvalue weighted by Crippen LogP contribution is 2.17. The minimum atomic E-state index is -3.66. The van der Waals surface area contributed by atoms with E-state index in [4.69, 9.17) is 4.74 Å². The molecule has 1 aromatic heterocycles.